The van der Waals surface area contributed by atoms with Gasteiger partial charge in [-0.25, -0.2) is 4.79 Å². The van der Waals surface area contributed by atoms with Crippen molar-refractivity contribution in [1.82, 2.24) is 10.3 Å². The number of carboxylic acid groups (broad SMARTS) is 1. The fourth-order valence-electron chi connectivity index (χ4n) is 1.87. The summed E-state index contributed by atoms with van der Waals surface area (Å²) < 4.78 is 0. The summed E-state index contributed by atoms with van der Waals surface area (Å²) in [5.74, 6) is -0.719. The van der Waals surface area contributed by atoms with Gasteiger partial charge in [0.05, 0.1) is 0 Å². The number of pyridine rings is 1. The van der Waals surface area contributed by atoms with E-state index in [0.29, 0.717) is 17.2 Å². The molecule has 0 spiro atoms. The Balaban J connectivity index is 2.64. The van der Waals surface area contributed by atoms with Crippen LogP contribution in [0.3, 0.4) is 0 Å². The van der Waals surface area contributed by atoms with Crippen LogP contribution in [0.15, 0.2) is 24.4 Å². The number of nitrogens with zero attached hydrogens (tertiary/aromatic N) is 1. The highest BCUT2D eigenvalue weighted by molar-refractivity contribution is 5.92. The molecule has 1 heterocycles. The Labute approximate surface area is 118 Å². The van der Waals surface area contributed by atoms with Crippen LogP contribution >= 0.6 is 0 Å². The molecule has 0 radical (unpaired) electrons. The Morgan fingerprint density at radius 1 is 1.35 bits per heavy atom. The summed E-state index contributed by atoms with van der Waals surface area (Å²) in [5, 5.41) is 11.4. The third-order valence-electron chi connectivity index (χ3n) is 2.64. The third-order valence-corrected chi connectivity index (χ3v) is 2.64. The third kappa shape index (κ3) is 5.65. The summed E-state index contributed by atoms with van der Waals surface area (Å²) >= 11 is 0. The van der Waals surface area contributed by atoms with Crippen molar-refractivity contribution in [2.45, 2.75) is 33.2 Å². The van der Waals surface area contributed by atoms with E-state index in [9.17, 15) is 9.59 Å². The second-order valence-electron chi connectivity index (χ2n) is 5.15. The number of aliphatic carboxylic acids is 1. The van der Waals surface area contributed by atoms with Gasteiger partial charge < -0.3 is 10.4 Å². The van der Waals surface area contributed by atoms with Gasteiger partial charge in [0.25, 0.3) is 5.91 Å². The van der Waals surface area contributed by atoms with Gasteiger partial charge in [0.1, 0.15) is 5.69 Å². The molecule has 5 nitrogen and oxygen atoms in total. The van der Waals surface area contributed by atoms with Crippen molar-refractivity contribution < 1.29 is 14.7 Å². The number of carbonyl (C=O) groups is 2. The summed E-state index contributed by atoms with van der Waals surface area (Å²) in [6.45, 7) is 6.16. The molecule has 5 heteroatoms. The summed E-state index contributed by atoms with van der Waals surface area (Å²) in [6.07, 6.45) is 4.84. The van der Waals surface area contributed by atoms with E-state index in [2.05, 4.69) is 24.1 Å². The SMILES string of the molecule is CC(C)CC(C)NC(=O)c1ccc(C=CC(=O)O)cn1. The van der Waals surface area contributed by atoms with Crippen molar-refractivity contribution in [3.05, 3.63) is 35.7 Å². The number of carboxylic acids is 1. The lowest BCUT2D eigenvalue weighted by Gasteiger charge is -2.15. The number of rotatable bonds is 6. The van der Waals surface area contributed by atoms with E-state index in [4.69, 9.17) is 5.11 Å². The van der Waals surface area contributed by atoms with E-state index in [0.717, 1.165) is 12.5 Å². The maximum Gasteiger partial charge on any atom is 0.328 e. The van der Waals surface area contributed by atoms with E-state index >= 15 is 0 Å². The van der Waals surface area contributed by atoms with Crippen LogP contribution in [0.5, 0.6) is 0 Å². The fraction of sp³-hybridized carbons (Fsp3) is 0.400. The number of carbonyl (C=O) groups excluding carboxylic acids is 1. The van der Waals surface area contributed by atoms with E-state index < -0.39 is 5.97 Å². The summed E-state index contributed by atoms with van der Waals surface area (Å²) in [5.41, 5.74) is 0.965. The van der Waals surface area contributed by atoms with Crippen LogP contribution in [0.4, 0.5) is 0 Å². The monoisotopic (exact) mass is 276 g/mol. The Morgan fingerprint density at radius 2 is 2.05 bits per heavy atom. The molecule has 2 N–H and O–H groups in total. The maximum absolute atomic E-state index is 11.9. The molecule has 108 valence electrons. The molecular weight excluding hydrogens is 256 g/mol. The first-order valence-corrected chi connectivity index (χ1v) is 6.56. The molecule has 0 aliphatic rings. The van der Waals surface area contributed by atoms with Crippen LogP contribution in [0.1, 0.15) is 43.2 Å². The molecule has 0 fully saturated rings. The molecule has 1 amide bonds. The number of hydrogen-bond acceptors (Lipinski definition) is 3. The van der Waals surface area contributed by atoms with Gasteiger partial charge in [0, 0.05) is 18.3 Å². The largest absolute Gasteiger partial charge is 0.478 e. The second-order valence-corrected chi connectivity index (χ2v) is 5.15. The van der Waals surface area contributed by atoms with Crippen molar-refractivity contribution in [3.8, 4) is 0 Å². The van der Waals surface area contributed by atoms with Gasteiger partial charge in [-0.15, -0.1) is 0 Å². The highest BCUT2D eigenvalue weighted by Crippen LogP contribution is 2.06. The number of hydrogen-bond donors (Lipinski definition) is 2. The van der Waals surface area contributed by atoms with E-state index in [1.807, 2.05) is 6.92 Å². The predicted octanol–water partition coefficient (Wildman–Crippen LogP) is 2.34. The van der Waals surface area contributed by atoms with Crippen LogP contribution in [0.25, 0.3) is 6.08 Å². The molecule has 1 aromatic heterocycles. The van der Waals surface area contributed by atoms with Crippen LogP contribution in [-0.2, 0) is 4.79 Å². The first-order chi connectivity index (χ1) is 9.38. The summed E-state index contributed by atoms with van der Waals surface area (Å²) in [6, 6.07) is 3.34. The maximum atomic E-state index is 11.9. The minimum Gasteiger partial charge on any atom is -0.478 e. The van der Waals surface area contributed by atoms with Crippen molar-refractivity contribution >= 4 is 18.0 Å². The van der Waals surface area contributed by atoms with Crippen LogP contribution in [0.2, 0.25) is 0 Å². The number of nitrogens with one attached hydrogen (secondary N) is 1. The van der Waals surface area contributed by atoms with Crippen molar-refractivity contribution in [1.29, 1.82) is 0 Å². The van der Waals surface area contributed by atoms with Crippen LogP contribution < -0.4 is 5.32 Å². The lowest BCUT2D eigenvalue weighted by molar-refractivity contribution is -0.131. The van der Waals surface area contributed by atoms with Gasteiger partial charge in [-0.05, 0) is 37.0 Å². The average Bonchev–Trinajstić information content (AvgIpc) is 2.35. The van der Waals surface area contributed by atoms with Crippen molar-refractivity contribution in [3.63, 3.8) is 0 Å². The molecule has 0 aliphatic heterocycles. The zero-order valence-corrected chi connectivity index (χ0v) is 12.0. The highest BCUT2D eigenvalue weighted by Gasteiger charge is 2.11. The topological polar surface area (TPSA) is 79.3 Å². The quantitative estimate of drug-likeness (QED) is 0.782. The number of amides is 1. The molecule has 1 rings (SSSR count). The van der Waals surface area contributed by atoms with Crippen LogP contribution in [-0.4, -0.2) is 28.0 Å². The Morgan fingerprint density at radius 3 is 2.55 bits per heavy atom. The normalized spacial score (nSPS) is 12.6. The van der Waals surface area contributed by atoms with E-state index in [-0.39, 0.29) is 11.9 Å². The Bertz CT molecular complexity index is 492. The molecule has 1 aromatic rings. The van der Waals surface area contributed by atoms with Gasteiger partial charge in [-0.3, -0.25) is 9.78 Å². The van der Waals surface area contributed by atoms with E-state index in [1.54, 1.807) is 12.1 Å². The van der Waals surface area contributed by atoms with Gasteiger partial charge in [0.2, 0.25) is 0 Å². The lowest BCUT2D eigenvalue weighted by atomic mass is 10.1. The van der Waals surface area contributed by atoms with Crippen molar-refractivity contribution in [2.75, 3.05) is 0 Å². The minimum absolute atomic E-state index is 0.0934. The van der Waals surface area contributed by atoms with Gasteiger partial charge in [-0.1, -0.05) is 19.9 Å². The molecule has 1 atom stereocenters. The Kier molecular flexibility index (Phi) is 5.90. The molecule has 0 bridgehead atoms. The summed E-state index contributed by atoms with van der Waals surface area (Å²) in [4.78, 5) is 26.3. The van der Waals surface area contributed by atoms with Crippen LogP contribution in [0, 0.1) is 5.92 Å². The van der Waals surface area contributed by atoms with Gasteiger partial charge >= 0.3 is 5.97 Å². The Hall–Kier alpha value is -2.17. The predicted molar refractivity (Wildman–Crippen MR) is 77.3 cm³/mol. The standard InChI is InChI=1S/C15H20N2O3/c1-10(2)8-11(3)17-15(20)13-6-4-12(9-16-13)5-7-14(18)19/h4-7,9-11H,8H2,1-3H3,(H,17,20)(H,18,19). The molecule has 0 aromatic carbocycles. The lowest BCUT2D eigenvalue weighted by Crippen LogP contribution is -2.33. The van der Waals surface area contributed by atoms with Gasteiger partial charge in [-0.2, -0.15) is 0 Å². The smallest absolute Gasteiger partial charge is 0.328 e. The molecule has 0 aliphatic carbocycles. The summed E-state index contributed by atoms with van der Waals surface area (Å²) in [7, 11) is 0. The molecule has 1 unspecified atom stereocenters. The van der Waals surface area contributed by atoms with E-state index in [1.165, 1.54) is 12.3 Å². The van der Waals surface area contributed by atoms with Crippen molar-refractivity contribution in [2.24, 2.45) is 5.92 Å². The minimum atomic E-state index is -1.02. The molecule has 0 saturated heterocycles. The molecule has 20 heavy (non-hydrogen) atoms. The van der Waals surface area contributed by atoms with Gasteiger partial charge in [0.15, 0.2) is 0 Å². The zero-order chi connectivity index (χ0) is 15.1. The highest BCUT2D eigenvalue weighted by atomic mass is 16.4. The average molecular weight is 276 g/mol. The molecular formula is C15H20N2O3. The molecule has 0 saturated carbocycles. The first-order valence-electron chi connectivity index (χ1n) is 6.56. The first kappa shape index (κ1) is 15.9. The fourth-order valence-corrected chi connectivity index (χ4v) is 1.87. The second kappa shape index (κ2) is 7.43. The zero-order valence-electron chi connectivity index (χ0n) is 12.0. The number of aromatic nitrogens is 1.